The summed E-state index contributed by atoms with van der Waals surface area (Å²) in [6, 6.07) is 2.98. The zero-order chi connectivity index (χ0) is 12.4. The summed E-state index contributed by atoms with van der Waals surface area (Å²) in [5.74, 6) is 0.606. The molecule has 0 spiro atoms. The predicted molar refractivity (Wildman–Crippen MR) is 61.5 cm³/mol. The molecule has 0 radical (unpaired) electrons. The van der Waals surface area contributed by atoms with E-state index in [0.29, 0.717) is 25.2 Å². The fourth-order valence-corrected chi connectivity index (χ4v) is 1.92. The molecule has 1 fully saturated rings. The quantitative estimate of drug-likeness (QED) is 0.564. The molecule has 17 heavy (non-hydrogen) atoms. The average molecular weight is 238 g/mol. The Hall–Kier alpha value is -1.73. The fraction of sp³-hybridized carbons (Fsp3) is 0.500. The Labute approximate surface area is 98.0 Å². The number of nitro groups is 1. The molecule has 0 saturated carbocycles. The van der Waals surface area contributed by atoms with Crippen LogP contribution >= 0.6 is 0 Å². The van der Waals surface area contributed by atoms with Crippen LogP contribution in [0.4, 0.5) is 11.5 Å². The first-order valence-corrected chi connectivity index (χ1v) is 5.38. The second-order valence-electron chi connectivity index (χ2n) is 4.07. The third kappa shape index (κ3) is 2.51. The Bertz CT molecular complexity index is 409. The van der Waals surface area contributed by atoms with Crippen LogP contribution in [0.25, 0.3) is 0 Å². The van der Waals surface area contributed by atoms with E-state index in [1.165, 1.54) is 12.3 Å². The third-order valence-corrected chi connectivity index (χ3v) is 2.85. The normalized spacial score (nSPS) is 24.7. The van der Waals surface area contributed by atoms with Gasteiger partial charge in [-0.3, -0.25) is 10.1 Å². The molecule has 0 amide bonds. The van der Waals surface area contributed by atoms with Crippen molar-refractivity contribution in [1.82, 2.24) is 4.98 Å². The van der Waals surface area contributed by atoms with E-state index in [4.69, 9.17) is 5.73 Å². The van der Waals surface area contributed by atoms with Crippen molar-refractivity contribution in [2.24, 2.45) is 5.73 Å². The minimum Gasteiger partial charge on any atom is -0.393 e. The van der Waals surface area contributed by atoms with Crippen molar-refractivity contribution in [2.45, 2.75) is 25.1 Å². The van der Waals surface area contributed by atoms with Crippen LogP contribution in [0, 0.1) is 10.1 Å². The summed E-state index contributed by atoms with van der Waals surface area (Å²) in [5.41, 5.74) is 5.85. The van der Waals surface area contributed by atoms with Crippen LogP contribution in [0.3, 0.4) is 0 Å². The van der Waals surface area contributed by atoms with Gasteiger partial charge in [0.25, 0.3) is 5.69 Å². The highest BCUT2D eigenvalue weighted by Crippen LogP contribution is 2.22. The van der Waals surface area contributed by atoms with Crippen molar-refractivity contribution in [3.63, 3.8) is 0 Å². The molecule has 2 heterocycles. The molecule has 2 unspecified atom stereocenters. The first-order chi connectivity index (χ1) is 8.08. The molecule has 1 saturated heterocycles. The molecule has 7 heteroatoms. The molecule has 2 atom stereocenters. The Morgan fingerprint density at radius 3 is 2.88 bits per heavy atom. The van der Waals surface area contributed by atoms with Gasteiger partial charge in [0.15, 0.2) is 0 Å². The minimum absolute atomic E-state index is 0.0423. The SMILES string of the molecule is NC1CC(O)CCN1c1ccc([N+](=O)[O-])cn1. The number of nitrogens with two attached hydrogens (primary N) is 1. The largest absolute Gasteiger partial charge is 0.393 e. The number of pyridine rings is 1. The topological polar surface area (TPSA) is 106 Å². The lowest BCUT2D eigenvalue weighted by atomic mass is 10.1. The number of hydrogen-bond acceptors (Lipinski definition) is 6. The highest BCUT2D eigenvalue weighted by Gasteiger charge is 2.25. The number of nitrogens with zero attached hydrogens (tertiary/aromatic N) is 3. The van der Waals surface area contributed by atoms with E-state index in [1.54, 1.807) is 6.07 Å². The Kier molecular flexibility index (Phi) is 3.21. The second-order valence-corrected chi connectivity index (χ2v) is 4.07. The Balaban J connectivity index is 2.14. The van der Waals surface area contributed by atoms with E-state index in [-0.39, 0.29) is 18.0 Å². The van der Waals surface area contributed by atoms with Crippen molar-refractivity contribution < 1.29 is 10.0 Å². The van der Waals surface area contributed by atoms with Gasteiger partial charge in [-0.05, 0) is 12.5 Å². The molecular formula is C10H14N4O3. The summed E-state index contributed by atoms with van der Waals surface area (Å²) in [4.78, 5) is 15.9. The molecule has 7 nitrogen and oxygen atoms in total. The van der Waals surface area contributed by atoms with Gasteiger partial charge in [-0.1, -0.05) is 0 Å². The molecule has 0 aliphatic carbocycles. The fourth-order valence-electron chi connectivity index (χ4n) is 1.92. The van der Waals surface area contributed by atoms with Crippen LogP contribution in [0.5, 0.6) is 0 Å². The number of aliphatic hydroxyl groups is 1. The number of rotatable bonds is 2. The Morgan fingerprint density at radius 2 is 2.35 bits per heavy atom. The van der Waals surface area contributed by atoms with E-state index < -0.39 is 4.92 Å². The summed E-state index contributed by atoms with van der Waals surface area (Å²) >= 11 is 0. The number of aliphatic hydroxyl groups excluding tert-OH is 1. The molecule has 1 aromatic rings. The van der Waals surface area contributed by atoms with Gasteiger partial charge in [-0.15, -0.1) is 0 Å². The van der Waals surface area contributed by atoms with E-state index >= 15 is 0 Å². The lowest BCUT2D eigenvalue weighted by molar-refractivity contribution is -0.385. The van der Waals surface area contributed by atoms with Gasteiger partial charge < -0.3 is 15.7 Å². The van der Waals surface area contributed by atoms with Gasteiger partial charge >= 0.3 is 0 Å². The Morgan fingerprint density at radius 1 is 1.59 bits per heavy atom. The van der Waals surface area contributed by atoms with Crippen LogP contribution in [-0.4, -0.2) is 33.8 Å². The monoisotopic (exact) mass is 238 g/mol. The maximum absolute atomic E-state index is 10.5. The highest BCUT2D eigenvalue weighted by molar-refractivity contribution is 5.44. The maximum Gasteiger partial charge on any atom is 0.287 e. The summed E-state index contributed by atoms with van der Waals surface area (Å²) < 4.78 is 0. The number of anilines is 1. The van der Waals surface area contributed by atoms with Gasteiger partial charge in [0.1, 0.15) is 12.0 Å². The molecule has 1 aliphatic rings. The van der Waals surface area contributed by atoms with Crippen LogP contribution in [-0.2, 0) is 0 Å². The van der Waals surface area contributed by atoms with Crippen LogP contribution in [0.2, 0.25) is 0 Å². The average Bonchev–Trinajstić information content (AvgIpc) is 2.29. The van der Waals surface area contributed by atoms with Gasteiger partial charge in [-0.25, -0.2) is 4.98 Å². The van der Waals surface area contributed by atoms with Crippen LogP contribution < -0.4 is 10.6 Å². The summed E-state index contributed by atoms with van der Waals surface area (Å²) in [6.45, 7) is 0.604. The smallest absolute Gasteiger partial charge is 0.287 e. The molecule has 0 aromatic carbocycles. The number of aromatic nitrogens is 1. The van der Waals surface area contributed by atoms with Crippen molar-refractivity contribution in [2.75, 3.05) is 11.4 Å². The van der Waals surface area contributed by atoms with Crippen molar-refractivity contribution in [3.05, 3.63) is 28.4 Å². The van der Waals surface area contributed by atoms with E-state index in [9.17, 15) is 15.2 Å². The maximum atomic E-state index is 10.5. The number of piperidine rings is 1. The van der Waals surface area contributed by atoms with E-state index in [0.717, 1.165) is 0 Å². The molecule has 0 bridgehead atoms. The lowest BCUT2D eigenvalue weighted by Crippen LogP contribution is -2.49. The zero-order valence-corrected chi connectivity index (χ0v) is 9.19. The molecule has 92 valence electrons. The molecule has 3 N–H and O–H groups in total. The van der Waals surface area contributed by atoms with Crippen LogP contribution in [0.1, 0.15) is 12.8 Å². The van der Waals surface area contributed by atoms with Gasteiger partial charge in [0.2, 0.25) is 0 Å². The molecule has 1 aromatic heterocycles. The predicted octanol–water partition coefficient (Wildman–Crippen LogP) is 0.236. The summed E-state index contributed by atoms with van der Waals surface area (Å²) in [5, 5.41) is 19.9. The molecule has 1 aliphatic heterocycles. The first-order valence-electron chi connectivity index (χ1n) is 5.38. The molecule has 2 rings (SSSR count). The van der Waals surface area contributed by atoms with Crippen molar-refractivity contribution in [1.29, 1.82) is 0 Å². The zero-order valence-electron chi connectivity index (χ0n) is 9.19. The second kappa shape index (κ2) is 4.64. The van der Waals surface area contributed by atoms with Gasteiger partial charge in [0, 0.05) is 19.0 Å². The van der Waals surface area contributed by atoms with Crippen LogP contribution in [0.15, 0.2) is 18.3 Å². The summed E-state index contributed by atoms with van der Waals surface area (Å²) in [7, 11) is 0. The highest BCUT2D eigenvalue weighted by atomic mass is 16.6. The van der Waals surface area contributed by atoms with Crippen molar-refractivity contribution in [3.8, 4) is 0 Å². The third-order valence-electron chi connectivity index (χ3n) is 2.85. The standard InChI is InChI=1S/C10H14N4O3/c11-9-5-8(15)3-4-13(9)10-2-1-7(6-12-10)14(16)17/h1-2,6,8-9,15H,3-5,11H2. The van der Waals surface area contributed by atoms with E-state index in [2.05, 4.69) is 4.98 Å². The lowest BCUT2D eigenvalue weighted by Gasteiger charge is -2.36. The van der Waals surface area contributed by atoms with Gasteiger partial charge in [-0.2, -0.15) is 0 Å². The van der Waals surface area contributed by atoms with Gasteiger partial charge in [0.05, 0.1) is 17.2 Å². The van der Waals surface area contributed by atoms with Crippen molar-refractivity contribution >= 4 is 11.5 Å². The molecular weight excluding hydrogens is 224 g/mol. The summed E-state index contributed by atoms with van der Waals surface area (Å²) in [6.07, 6.45) is 1.66. The number of hydrogen-bond donors (Lipinski definition) is 2. The minimum atomic E-state index is -0.489. The first kappa shape index (κ1) is 11.7. The van der Waals surface area contributed by atoms with E-state index in [1.807, 2.05) is 4.90 Å².